The Labute approximate surface area is 147 Å². The molecule has 1 aromatic carbocycles. The quantitative estimate of drug-likeness (QED) is 0.841. The summed E-state index contributed by atoms with van der Waals surface area (Å²) in [6, 6.07) is 11.9. The second-order valence-corrected chi connectivity index (χ2v) is 7.24. The van der Waals surface area contributed by atoms with Crippen molar-refractivity contribution < 1.29 is 4.79 Å². The molecule has 0 radical (unpaired) electrons. The second kappa shape index (κ2) is 8.20. The first-order valence-corrected chi connectivity index (χ1v) is 9.60. The third kappa shape index (κ3) is 4.29. The first kappa shape index (κ1) is 16.8. The van der Waals surface area contributed by atoms with Crippen molar-refractivity contribution in [3.05, 3.63) is 59.9 Å². The molecule has 1 amide bonds. The van der Waals surface area contributed by atoms with Crippen LogP contribution in [0.25, 0.3) is 0 Å². The Morgan fingerprint density at radius 3 is 2.88 bits per heavy atom. The van der Waals surface area contributed by atoms with Gasteiger partial charge in [-0.25, -0.2) is 0 Å². The van der Waals surface area contributed by atoms with E-state index in [2.05, 4.69) is 21.9 Å². The van der Waals surface area contributed by atoms with Gasteiger partial charge in [0, 0.05) is 35.9 Å². The van der Waals surface area contributed by atoms with Gasteiger partial charge in [0.05, 0.1) is 5.56 Å². The van der Waals surface area contributed by atoms with E-state index in [1.807, 2.05) is 54.4 Å². The molecule has 2 N–H and O–H groups in total. The summed E-state index contributed by atoms with van der Waals surface area (Å²) < 4.78 is 0. The Morgan fingerprint density at radius 2 is 2.12 bits per heavy atom. The molecule has 5 heteroatoms. The van der Waals surface area contributed by atoms with Gasteiger partial charge in [0.15, 0.2) is 0 Å². The van der Waals surface area contributed by atoms with Gasteiger partial charge in [0.25, 0.3) is 5.91 Å². The lowest BCUT2D eigenvalue weighted by Crippen LogP contribution is -2.33. The van der Waals surface area contributed by atoms with Crippen LogP contribution in [0.3, 0.4) is 0 Å². The lowest BCUT2D eigenvalue weighted by molar-refractivity contribution is 0.0939. The van der Waals surface area contributed by atoms with Gasteiger partial charge in [0.2, 0.25) is 0 Å². The summed E-state index contributed by atoms with van der Waals surface area (Å²) in [5.41, 5.74) is 2.65. The molecule has 2 unspecified atom stereocenters. The van der Waals surface area contributed by atoms with Crippen molar-refractivity contribution in [3.8, 4) is 0 Å². The highest BCUT2D eigenvalue weighted by Gasteiger charge is 2.25. The van der Waals surface area contributed by atoms with Gasteiger partial charge in [-0.15, -0.1) is 0 Å². The van der Waals surface area contributed by atoms with Crippen molar-refractivity contribution >= 4 is 23.4 Å². The van der Waals surface area contributed by atoms with Gasteiger partial charge in [-0.2, -0.15) is 11.8 Å². The fourth-order valence-corrected chi connectivity index (χ4v) is 3.88. The van der Waals surface area contributed by atoms with Crippen LogP contribution in [0.4, 0.5) is 5.69 Å². The average Bonchev–Trinajstić information content (AvgIpc) is 3.08. The maximum atomic E-state index is 12.7. The van der Waals surface area contributed by atoms with Crippen LogP contribution in [0.5, 0.6) is 0 Å². The minimum atomic E-state index is 0.0102. The number of anilines is 1. The summed E-state index contributed by atoms with van der Waals surface area (Å²) in [7, 11) is 0. The van der Waals surface area contributed by atoms with Crippen molar-refractivity contribution in [1.29, 1.82) is 0 Å². The molecule has 1 aromatic heterocycles. The molecule has 1 heterocycles. The molecule has 2 atom stereocenters. The summed E-state index contributed by atoms with van der Waals surface area (Å²) in [6.07, 6.45) is 9.06. The maximum Gasteiger partial charge on any atom is 0.253 e. The molecule has 1 fully saturated rings. The fourth-order valence-electron chi connectivity index (χ4n) is 3.08. The largest absolute Gasteiger partial charge is 0.380 e. The highest BCUT2D eigenvalue weighted by molar-refractivity contribution is 7.99. The van der Waals surface area contributed by atoms with Crippen molar-refractivity contribution in [3.63, 3.8) is 0 Å². The van der Waals surface area contributed by atoms with Crippen LogP contribution in [-0.4, -0.2) is 28.4 Å². The first-order chi connectivity index (χ1) is 11.8. The van der Waals surface area contributed by atoms with Crippen LogP contribution in [0.15, 0.2) is 48.8 Å². The van der Waals surface area contributed by atoms with Crippen LogP contribution in [0, 0.1) is 0 Å². The Bertz CT molecular complexity index is 677. The highest BCUT2D eigenvalue weighted by atomic mass is 32.2. The fraction of sp³-hybridized carbons (Fsp3) is 0.368. The molecule has 0 aliphatic heterocycles. The highest BCUT2D eigenvalue weighted by Crippen LogP contribution is 2.28. The van der Waals surface area contributed by atoms with Crippen LogP contribution in [-0.2, 0) is 6.54 Å². The zero-order chi connectivity index (χ0) is 16.8. The number of nitrogens with one attached hydrogen (secondary N) is 2. The number of para-hydroxylation sites is 1. The van der Waals surface area contributed by atoms with E-state index >= 15 is 0 Å². The molecule has 2 aromatic rings. The van der Waals surface area contributed by atoms with Crippen LogP contribution >= 0.6 is 11.8 Å². The third-order valence-corrected chi connectivity index (χ3v) is 5.53. The molecule has 0 spiro atoms. The van der Waals surface area contributed by atoms with E-state index in [-0.39, 0.29) is 5.91 Å². The lowest BCUT2D eigenvalue weighted by atomic mass is 10.1. The second-order valence-electron chi connectivity index (χ2n) is 6.10. The maximum absolute atomic E-state index is 12.7. The van der Waals surface area contributed by atoms with E-state index < -0.39 is 0 Å². The number of hydrogen-bond donors (Lipinski definition) is 2. The number of thioether (sulfide) groups is 1. The summed E-state index contributed by atoms with van der Waals surface area (Å²) >= 11 is 1.90. The molecular formula is C19H23N3OS. The van der Waals surface area contributed by atoms with E-state index in [0.717, 1.165) is 24.1 Å². The Hall–Kier alpha value is -2.01. The van der Waals surface area contributed by atoms with Gasteiger partial charge in [0.1, 0.15) is 0 Å². The van der Waals surface area contributed by atoms with E-state index in [0.29, 0.717) is 23.4 Å². The molecule has 24 heavy (non-hydrogen) atoms. The average molecular weight is 341 g/mol. The third-order valence-electron chi connectivity index (χ3n) is 4.43. The summed E-state index contributed by atoms with van der Waals surface area (Å²) in [4.78, 5) is 16.8. The predicted octanol–water partition coefficient (Wildman–Crippen LogP) is 3.71. The number of aromatic nitrogens is 1. The van der Waals surface area contributed by atoms with Crippen molar-refractivity contribution in [1.82, 2.24) is 10.3 Å². The normalized spacial score (nSPS) is 19.9. The summed E-state index contributed by atoms with van der Waals surface area (Å²) in [6.45, 7) is 0.649. The van der Waals surface area contributed by atoms with E-state index in [1.165, 1.54) is 6.42 Å². The topological polar surface area (TPSA) is 54.0 Å². The van der Waals surface area contributed by atoms with Gasteiger partial charge in [-0.1, -0.05) is 18.2 Å². The minimum absolute atomic E-state index is 0.0102. The van der Waals surface area contributed by atoms with Crippen molar-refractivity contribution in [2.45, 2.75) is 37.1 Å². The molecule has 1 aliphatic rings. The molecule has 3 rings (SSSR count). The lowest BCUT2D eigenvalue weighted by Gasteiger charge is -2.16. The first-order valence-electron chi connectivity index (χ1n) is 8.31. The number of amides is 1. The molecule has 0 saturated heterocycles. The molecule has 126 valence electrons. The summed E-state index contributed by atoms with van der Waals surface area (Å²) in [5.74, 6) is 0.0102. The standard InChI is InChI=1S/C19H23N3OS/c1-24-16-9-8-15(11-16)22-19(23)17-6-2-3-7-18(17)21-13-14-5-4-10-20-12-14/h2-7,10,12,15-16,21H,8-9,11,13H2,1H3,(H,22,23). The number of pyridine rings is 1. The van der Waals surface area contributed by atoms with E-state index in [1.54, 1.807) is 6.20 Å². The van der Waals surface area contributed by atoms with Gasteiger partial charge in [-0.3, -0.25) is 9.78 Å². The number of carbonyl (C=O) groups excluding carboxylic acids is 1. The zero-order valence-electron chi connectivity index (χ0n) is 13.9. The molecule has 1 saturated carbocycles. The Morgan fingerprint density at radius 1 is 1.25 bits per heavy atom. The summed E-state index contributed by atoms with van der Waals surface area (Å²) in [5, 5.41) is 7.22. The zero-order valence-corrected chi connectivity index (χ0v) is 14.7. The number of benzene rings is 1. The molecular weight excluding hydrogens is 318 g/mol. The molecule has 1 aliphatic carbocycles. The Kier molecular flexibility index (Phi) is 5.75. The van der Waals surface area contributed by atoms with Crippen molar-refractivity contribution in [2.75, 3.05) is 11.6 Å². The smallest absolute Gasteiger partial charge is 0.253 e. The Balaban J connectivity index is 1.64. The number of rotatable bonds is 6. The number of carbonyl (C=O) groups is 1. The van der Waals surface area contributed by atoms with Crippen LogP contribution < -0.4 is 10.6 Å². The van der Waals surface area contributed by atoms with E-state index in [9.17, 15) is 4.79 Å². The van der Waals surface area contributed by atoms with Gasteiger partial charge in [-0.05, 0) is 49.3 Å². The number of hydrogen-bond acceptors (Lipinski definition) is 4. The predicted molar refractivity (Wildman–Crippen MR) is 100 cm³/mol. The van der Waals surface area contributed by atoms with Gasteiger partial charge < -0.3 is 10.6 Å². The van der Waals surface area contributed by atoms with Gasteiger partial charge >= 0.3 is 0 Å². The van der Waals surface area contributed by atoms with Crippen LogP contribution in [0.2, 0.25) is 0 Å². The monoisotopic (exact) mass is 341 g/mol. The van der Waals surface area contributed by atoms with Crippen molar-refractivity contribution in [2.24, 2.45) is 0 Å². The molecule has 4 nitrogen and oxygen atoms in total. The molecule has 0 bridgehead atoms. The van der Waals surface area contributed by atoms with E-state index in [4.69, 9.17) is 0 Å². The minimum Gasteiger partial charge on any atom is -0.380 e. The number of nitrogens with zero attached hydrogens (tertiary/aromatic N) is 1. The van der Waals surface area contributed by atoms with Crippen LogP contribution in [0.1, 0.15) is 35.2 Å². The SMILES string of the molecule is CSC1CCC(NC(=O)c2ccccc2NCc2cccnc2)C1.